The maximum Gasteiger partial charge on any atom is 0.305 e. The quantitative estimate of drug-likeness (QED) is 0.206. The standard InChI is InChI=1S/C21H27N5O8/c1-34-16-4-2-13(3-5-16)20(31)24-17-6-7-18(28)25-12-22-9-14(10-26(17,25)33)21(32)23-15(11-27)8-19(29)30/h2-5,11,14-15,17,22H,6-10,12H2,1H3,(H,23,32)(H,24,31)(H,29,30)/t14?,15-,17?,26?/m0/s1. The smallest absolute Gasteiger partial charge is 0.305 e. The Bertz CT molecular complexity index is 955. The second-order valence-corrected chi connectivity index (χ2v) is 8.15. The molecular formula is C21H27N5O8. The van der Waals surface area contributed by atoms with E-state index in [9.17, 15) is 29.2 Å². The van der Waals surface area contributed by atoms with Crippen molar-refractivity contribution >= 4 is 30.0 Å². The van der Waals surface area contributed by atoms with Gasteiger partial charge in [0, 0.05) is 24.9 Å². The molecule has 0 saturated carbocycles. The molecule has 1 aromatic carbocycles. The summed E-state index contributed by atoms with van der Waals surface area (Å²) in [7, 11) is 1.49. The third kappa shape index (κ3) is 5.50. The molecular weight excluding hydrogens is 450 g/mol. The minimum Gasteiger partial charge on any atom is -0.604 e. The number of nitrogens with zero attached hydrogens (tertiary/aromatic N) is 2. The summed E-state index contributed by atoms with van der Waals surface area (Å²) in [4.78, 5) is 60.1. The normalized spacial score (nSPS) is 25.4. The minimum atomic E-state index is -1.28. The fraction of sp³-hybridized carbons (Fsp3) is 0.476. The predicted octanol–water partition coefficient (Wildman–Crippen LogP) is -1.06. The molecule has 3 rings (SSSR count). The van der Waals surface area contributed by atoms with E-state index < -0.39 is 59.5 Å². The average molecular weight is 477 g/mol. The lowest BCUT2D eigenvalue weighted by Gasteiger charge is -2.55. The van der Waals surface area contributed by atoms with Gasteiger partial charge in [-0.3, -0.25) is 24.5 Å². The van der Waals surface area contributed by atoms with E-state index in [2.05, 4.69) is 16.0 Å². The number of hydrogen-bond donors (Lipinski definition) is 4. The molecule has 3 unspecified atom stereocenters. The molecule has 1 aromatic rings. The minimum absolute atomic E-state index is 0.0235. The van der Waals surface area contributed by atoms with Crippen LogP contribution in [0.2, 0.25) is 0 Å². The third-order valence-corrected chi connectivity index (χ3v) is 5.86. The van der Waals surface area contributed by atoms with E-state index >= 15 is 0 Å². The van der Waals surface area contributed by atoms with Crippen LogP contribution >= 0.6 is 0 Å². The molecule has 13 heteroatoms. The summed E-state index contributed by atoms with van der Waals surface area (Å²) < 4.78 is 3.79. The third-order valence-electron chi connectivity index (χ3n) is 5.86. The first-order valence-electron chi connectivity index (χ1n) is 10.7. The molecule has 184 valence electrons. The zero-order valence-corrected chi connectivity index (χ0v) is 18.6. The number of amides is 3. The second kappa shape index (κ2) is 10.6. The van der Waals surface area contributed by atoms with E-state index in [0.717, 1.165) is 5.01 Å². The van der Waals surface area contributed by atoms with Crippen molar-refractivity contribution in [2.24, 2.45) is 5.92 Å². The summed E-state index contributed by atoms with van der Waals surface area (Å²) in [6.07, 6.45) is -1.21. The molecule has 13 nitrogen and oxygen atoms in total. The van der Waals surface area contributed by atoms with E-state index in [1.807, 2.05) is 0 Å². The van der Waals surface area contributed by atoms with Crippen molar-refractivity contribution in [2.75, 3.05) is 26.9 Å². The molecule has 2 aliphatic rings. The maximum absolute atomic E-state index is 14.0. The number of quaternary nitrogens is 1. The summed E-state index contributed by atoms with van der Waals surface area (Å²) >= 11 is 0. The summed E-state index contributed by atoms with van der Waals surface area (Å²) in [5.74, 6) is -3.32. The lowest BCUT2D eigenvalue weighted by molar-refractivity contribution is -1.01. The van der Waals surface area contributed by atoms with Gasteiger partial charge in [0.2, 0.25) is 5.91 Å². The summed E-state index contributed by atoms with van der Waals surface area (Å²) in [5.41, 5.74) is 0.292. The molecule has 0 aromatic heterocycles. The Morgan fingerprint density at radius 1 is 1.35 bits per heavy atom. The van der Waals surface area contributed by atoms with Gasteiger partial charge in [-0.1, -0.05) is 0 Å². The molecule has 2 heterocycles. The number of nitrogens with one attached hydrogen (secondary N) is 3. The maximum atomic E-state index is 14.0. The molecule has 0 radical (unpaired) electrons. The number of methoxy groups -OCH3 is 1. The van der Waals surface area contributed by atoms with Crippen LogP contribution in [0, 0.1) is 11.1 Å². The Hall–Kier alpha value is -3.55. The predicted molar refractivity (Wildman–Crippen MR) is 115 cm³/mol. The molecule has 4 N–H and O–H groups in total. The Morgan fingerprint density at radius 3 is 2.68 bits per heavy atom. The largest absolute Gasteiger partial charge is 0.604 e. The van der Waals surface area contributed by atoms with Crippen molar-refractivity contribution in [1.29, 1.82) is 0 Å². The van der Waals surface area contributed by atoms with Crippen molar-refractivity contribution < 1.29 is 38.6 Å². The van der Waals surface area contributed by atoms with Crippen molar-refractivity contribution in [3.05, 3.63) is 35.0 Å². The Kier molecular flexibility index (Phi) is 7.81. The number of rotatable bonds is 8. The number of hydroxylamine groups is 2. The molecule has 4 atom stereocenters. The van der Waals surface area contributed by atoms with Gasteiger partial charge < -0.3 is 30.5 Å². The fourth-order valence-corrected chi connectivity index (χ4v) is 4.05. The summed E-state index contributed by atoms with van der Waals surface area (Å²) in [6.45, 7) is -0.500. The Labute approximate surface area is 195 Å². The van der Waals surface area contributed by atoms with Gasteiger partial charge in [-0.2, -0.15) is 5.01 Å². The molecule has 2 fully saturated rings. The van der Waals surface area contributed by atoms with Crippen molar-refractivity contribution in [3.63, 3.8) is 0 Å². The lowest BCUT2D eigenvalue weighted by Crippen LogP contribution is -2.72. The Balaban J connectivity index is 1.79. The number of hydrogen-bond acceptors (Lipinski definition) is 8. The molecule has 3 amide bonds. The van der Waals surface area contributed by atoms with Gasteiger partial charge in [-0.05, 0) is 24.3 Å². The molecule has 34 heavy (non-hydrogen) atoms. The number of fused-ring (bicyclic) bond motifs is 1. The van der Waals surface area contributed by atoms with E-state index in [1.54, 1.807) is 12.1 Å². The van der Waals surface area contributed by atoms with Crippen molar-refractivity contribution in [2.45, 2.75) is 31.5 Å². The highest BCUT2D eigenvalue weighted by molar-refractivity contribution is 5.94. The van der Waals surface area contributed by atoms with Crippen LogP contribution in [0.1, 0.15) is 29.6 Å². The number of aliphatic carboxylic acids is 1. The Morgan fingerprint density at radius 2 is 2.06 bits per heavy atom. The number of benzene rings is 1. The van der Waals surface area contributed by atoms with Crippen LogP contribution in [-0.2, 0) is 19.2 Å². The number of aldehydes is 1. The van der Waals surface area contributed by atoms with Crippen LogP contribution in [0.5, 0.6) is 5.75 Å². The average Bonchev–Trinajstić information content (AvgIpc) is 3.00. The first-order valence-corrected chi connectivity index (χ1v) is 10.7. The first-order chi connectivity index (χ1) is 16.2. The molecule has 0 bridgehead atoms. The molecule has 2 saturated heterocycles. The van der Waals surface area contributed by atoms with E-state index in [1.165, 1.54) is 19.2 Å². The van der Waals surface area contributed by atoms with Gasteiger partial charge in [0.1, 0.15) is 31.2 Å². The highest BCUT2D eigenvalue weighted by atomic mass is 16.6. The van der Waals surface area contributed by atoms with Gasteiger partial charge >= 0.3 is 5.97 Å². The molecule has 0 aliphatic carbocycles. The lowest BCUT2D eigenvalue weighted by atomic mass is 10.1. The van der Waals surface area contributed by atoms with E-state index in [0.29, 0.717) is 17.6 Å². The van der Waals surface area contributed by atoms with E-state index in [4.69, 9.17) is 9.84 Å². The topological polar surface area (TPSA) is 177 Å². The summed E-state index contributed by atoms with van der Waals surface area (Å²) in [6, 6.07) is 5.03. The van der Waals surface area contributed by atoms with Crippen LogP contribution in [0.25, 0.3) is 0 Å². The van der Waals surface area contributed by atoms with Gasteiger partial charge in [-0.25, -0.2) is 4.76 Å². The monoisotopic (exact) mass is 477 g/mol. The summed E-state index contributed by atoms with van der Waals surface area (Å²) in [5, 5.41) is 31.8. The SMILES string of the molecule is COc1ccc(C(=O)NC2CCC(=O)N3CNCC(C(=O)N[C@H](C=O)CC(=O)O)C[N+]23[O-])cc1. The zero-order valence-electron chi connectivity index (χ0n) is 18.6. The first kappa shape index (κ1) is 25.1. The van der Waals surface area contributed by atoms with Crippen LogP contribution < -0.4 is 20.7 Å². The number of carbonyl (C=O) groups is 5. The van der Waals surface area contributed by atoms with Crippen molar-refractivity contribution in [1.82, 2.24) is 21.0 Å². The van der Waals surface area contributed by atoms with Gasteiger partial charge in [0.05, 0.1) is 19.6 Å². The van der Waals surface area contributed by atoms with E-state index in [-0.39, 0.29) is 26.1 Å². The van der Waals surface area contributed by atoms with Crippen molar-refractivity contribution in [3.8, 4) is 5.75 Å². The highest BCUT2D eigenvalue weighted by Gasteiger charge is 2.48. The molecule has 2 aliphatic heterocycles. The molecule has 0 spiro atoms. The van der Waals surface area contributed by atoms with Crippen LogP contribution in [-0.4, -0.2) is 83.9 Å². The van der Waals surface area contributed by atoms with Gasteiger partial charge in [0.25, 0.3) is 11.8 Å². The number of carboxylic acids is 1. The van der Waals surface area contributed by atoms with Gasteiger partial charge in [-0.15, -0.1) is 0 Å². The number of ether oxygens (including phenoxy) is 1. The zero-order chi connectivity index (χ0) is 24.9. The highest BCUT2D eigenvalue weighted by Crippen LogP contribution is 2.29. The fourth-order valence-electron chi connectivity index (χ4n) is 4.05. The number of carbonyl (C=O) groups excluding carboxylic acids is 4. The number of carboxylic acid groups (broad SMARTS) is 1. The second-order valence-electron chi connectivity index (χ2n) is 8.15. The van der Waals surface area contributed by atoms with Crippen LogP contribution in [0.3, 0.4) is 0 Å². The van der Waals surface area contributed by atoms with Gasteiger partial charge in [0.15, 0.2) is 6.17 Å². The van der Waals surface area contributed by atoms with Crippen LogP contribution in [0.15, 0.2) is 24.3 Å². The van der Waals surface area contributed by atoms with Crippen LogP contribution in [0.4, 0.5) is 0 Å².